The van der Waals surface area contributed by atoms with Crippen LogP contribution in [0.5, 0.6) is 0 Å². The maximum Gasteiger partial charge on any atom is 0.166 e. The summed E-state index contributed by atoms with van der Waals surface area (Å²) in [5, 5.41) is 0. The van der Waals surface area contributed by atoms with Gasteiger partial charge in [-0.05, 0) is 36.4 Å². The molecule has 0 aliphatic carbocycles. The predicted octanol–water partition coefficient (Wildman–Crippen LogP) is 3.07. The lowest BCUT2D eigenvalue weighted by Crippen LogP contribution is -2.63. The Morgan fingerprint density at radius 3 is 2.39 bits per heavy atom. The molecule has 2 aromatic rings. The van der Waals surface area contributed by atoms with Gasteiger partial charge in [0, 0.05) is 73.7 Å². The van der Waals surface area contributed by atoms with Gasteiger partial charge in [-0.25, -0.2) is 4.39 Å². The average Bonchev–Trinajstić information content (AvgIpc) is 2.72. The van der Waals surface area contributed by atoms with Crippen LogP contribution < -0.4 is 15.5 Å². The minimum atomic E-state index is -0.270. The number of aldehydes is 1. The third kappa shape index (κ3) is 4.28. The predicted molar refractivity (Wildman–Crippen MR) is 122 cm³/mol. The van der Waals surface area contributed by atoms with Crippen molar-refractivity contribution >= 4 is 29.1 Å². The monoisotopic (exact) mass is 424 g/mol. The number of nitrogens with two attached hydrogens (primary N) is 1. The number of halogens is 1. The molecule has 0 bridgehead atoms. The van der Waals surface area contributed by atoms with Crippen molar-refractivity contribution in [1.82, 2.24) is 4.90 Å². The summed E-state index contributed by atoms with van der Waals surface area (Å²) >= 11 is 0. The minimum Gasteiger partial charge on any atom is -0.399 e. The number of carbonyl (C=O) groups excluding carboxylic acids is 2. The maximum atomic E-state index is 14.2. The molecule has 0 spiro atoms. The highest BCUT2D eigenvalue weighted by Gasteiger charge is 2.34. The van der Waals surface area contributed by atoms with Crippen molar-refractivity contribution in [2.75, 3.05) is 54.8 Å². The first-order chi connectivity index (χ1) is 14.9. The Labute approximate surface area is 182 Å². The molecular weight excluding hydrogens is 395 g/mol. The van der Waals surface area contributed by atoms with Gasteiger partial charge in [0.15, 0.2) is 12.1 Å². The van der Waals surface area contributed by atoms with Gasteiger partial charge in [-0.1, -0.05) is 13.8 Å². The van der Waals surface area contributed by atoms with Gasteiger partial charge in [0.1, 0.15) is 5.82 Å². The van der Waals surface area contributed by atoms with Crippen molar-refractivity contribution in [1.29, 1.82) is 0 Å². The summed E-state index contributed by atoms with van der Waals surface area (Å²) < 4.78 is 14.2. The second-order valence-electron chi connectivity index (χ2n) is 8.70. The highest BCUT2D eigenvalue weighted by molar-refractivity contribution is 6.04. The van der Waals surface area contributed by atoms with E-state index < -0.39 is 0 Å². The average molecular weight is 425 g/mol. The Bertz CT molecular complexity index is 980. The lowest BCUT2D eigenvalue weighted by atomic mass is 9.95. The first-order valence-electron chi connectivity index (χ1n) is 10.8. The molecule has 0 atom stereocenters. The summed E-state index contributed by atoms with van der Waals surface area (Å²) in [5.74, 6) is -0.419. The summed E-state index contributed by atoms with van der Waals surface area (Å²) in [6.07, 6.45) is 0.770. The number of rotatable bonds is 6. The van der Waals surface area contributed by atoms with Crippen molar-refractivity contribution in [3.8, 4) is 0 Å². The Hall–Kier alpha value is -2.93. The Morgan fingerprint density at radius 2 is 1.77 bits per heavy atom. The number of carbonyl (C=O) groups is 2. The molecule has 164 valence electrons. The zero-order valence-corrected chi connectivity index (χ0v) is 18.1. The first kappa shape index (κ1) is 21.3. The van der Waals surface area contributed by atoms with Crippen LogP contribution in [0.15, 0.2) is 36.4 Å². The van der Waals surface area contributed by atoms with Gasteiger partial charge < -0.3 is 15.5 Å². The third-order valence-electron chi connectivity index (χ3n) is 6.32. The zero-order valence-electron chi connectivity index (χ0n) is 18.1. The summed E-state index contributed by atoms with van der Waals surface area (Å²) in [7, 11) is 0. The van der Waals surface area contributed by atoms with Crippen LogP contribution in [0.1, 0.15) is 34.6 Å². The second kappa shape index (κ2) is 8.67. The van der Waals surface area contributed by atoms with Crippen LogP contribution in [0.25, 0.3) is 0 Å². The van der Waals surface area contributed by atoms with E-state index in [4.69, 9.17) is 5.73 Å². The fourth-order valence-electron chi connectivity index (χ4n) is 4.38. The fourth-order valence-corrected chi connectivity index (χ4v) is 4.38. The zero-order chi connectivity index (χ0) is 22.1. The largest absolute Gasteiger partial charge is 0.399 e. The topological polar surface area (TPSA) is 69.9 Å². The molecule has 2 aliphatic heterocycles. The highest BCUT2D eigenvalue weighted by atomic mass is 19.1. The van der Waals surface area contributed by atoms with E-state index in [1.54, 1.807) is 18.2 Å². The molecule has 0 unspecified atom stereocenters. The highest BCUT2D eigenvalue weighted by Crippen LogP contribution is 2.28. The van der Waals surface area contributed by atoms with Crippen LogP contribution in [0.4, 0.5) is 21.5 Å². The lowest BCUT2D eigenvalue weighted by molar-refractivity contribution is 0.0934. The summed E-state index contributed by atoms with van der Waals surface area (Å²) in [5.41, 5.74) is 8.63. The van der Waals surface area contributed by atoms with Gasteiger partial charge in [0.05, 0.1) is 5.69 Å². The molecule has 2 fully saturated rings. The van der Waals surface area contributed by atoms with Gasteiger partial charge in [-0.2, -0.15) is 0 Å². The molecule has 4 rings (SSSR count). The molecule has 2 saturated heterocycles. The summed E-state index contributed by atoms with van der Waals surface area (Å²) in [6.45, 7) is 8.75. The van der Waals surface area contributed by atoms with Crippen LogP contribution in [0, 0.1) is 11.7 Å². The number of hydrogen-bond acceptors (Lipinski definition) is 6. The van der Waals surface area contributed by atoms with Gasteiger partial charge >= 0.3 is 0 Å². The molecule has 7 heteroatoms. The van der Waals surface area contributed by atoms with Crippen LogP contribution in [-0.4, -0.2) is 62.3 Å². The molecule has 31 heavy (non-hydrogen) atoms. The summed E-state index contributed by atoms with van der Waals surface area (Å²) in [4.78, 5) is 30.6. The van der Waals surface area contributed by atoms with Gasteiger partial charge in [-0.3, -0.25) is 14.5 Å². The molecule has 2 aromatic carbocycles. The first-order valence-corrected chi connectivity index (χ1v) is 10.8. The third-order valence-corrected chi connectivity index (χ3v) is 6.32. The van der Waals surface area contributed by atoms with Gasteiger partial charge in [-0.15, -0.1) is 0 Å². The van der Waals surface area contributed by atoms with Crippen LogP contribution in [-0.2, 0) is 0 Å². The summed E-state index contributed by atoms with van der Waals surface area (Å²) in [6, 6.07) is 10.8. The second-order valence-corrected chi connectivity index (χ2v) is 8.70. The van der Waals surface area contributed by atoms with Crippen molar-refractivity contribution < 1.29 is 14.0 Å². The number of anilines is 3. The van der Waals surface area contributed by atoms with Crippen LogP contribution >= 0.6 is 0 Å². The van der Waals surface area contributed by atoms with E-state index >= 15 is 0 Å². The Morgan fingerprint density at radius 1 is 1.06 bits per heavy atom. The molecule has 2 aliphatic rings. The Balaban J connectivity index is 1.34. The number of hydrogen-bond donors (Lipinski definition) is 1. The molecule has 0 amide bonds. The fraction of sp³-hybridized carbons (Fsp3) is 0.417. The van der Waals surface area contributed by atoms with Crippen LogP contribution in [0.3, 0.4) is 0 Å². The molecule has 2 heterocycles. The SMILES string of the molecule is CC(C)C(=O)c1ccc(N2CC(N3CCN(c4ccc(N)cc4F)CC3)C2)cc1C=O. The normalized spacial score (nSPS) is 17.7. The smallest absolute Gasteiger partial charge is 0.166 e. The molecular formula is C24H29FN4O2. The van der Waals surface area contributed by atoms with E-state index in [0.717, 1.165) is 51.2 Å². The number of ketones is 1. The van der Waals surface area contributed by atoms with Gasteiger partial charge in [0.25, 0.3) is 0 Å². The van der Waals surface area contributed by atoms with Crippen molar-refractivity contribution in [2.24, 2.45) is 5.92 Å². The van der Waals surface area contributed by atoms with E-state index in [2.05, 4.69) is 14.7 Å². The van der Waals surface area contributed by atoms with Crippen molar-refractivity contribution in [3.63, 3.8) is 0 Å². The molecule has 0 aromatic heterocycles. The van der Waals surface area contributed by atoms with E-state index in [-0.39, 0.29) is 17.5 Å². The minimum absolute atomic E-state index is 0.00875. The number of nitrogen functional groups attached to an aromatic ring is 1. The number of nitrogens with zero attached hydrogens (tertiary/aromatic N) is 3. The van der Waals surface area contributed by atoms with Gasteiger partial charge in [0.2, 0.25) is 0 Å². The number of piperazine rings is 1. The lowest BCUT2D eigenvalue weighted by Gasteiger charge is -2.49. The number of benzene rings is 2. The Kier molecular flexibility index (Phi) is 5.96. The molecule has 0 saturated carbocycles. The van der Waals surface area contributed by atoms with Crippen molar-refractivity contribution in [2.45, 2.75) is 19.9 Å². The molecule has 2 N–H and O–H groups in total. The molecule has 6 nitrogen and oxygen atoms in total. The van der Waals surface area contributed by atoms with E-state index in [1.165, 1.54) is 6.07 Å². The quantitative estimate of drug-likeness (QED) is 0.437. The van der Waals surface area contributed by atoms with Crippen LogP contribution in [0.2, 0.25) is 0 Å². The molecule has 0 radical (unpaired) electrons. The standard InChI is InChI=1S/C24H29FN4O2/c1-16(2)24(31)21-5-4-19(11-17(21)15-30)29-13-20(14-29)27-7-9-28(10-8-27)23-6-3-18(26)12-22(23)25/h3-6,11-12,15-16,20H,7-10,13-14,26H2,1-2H3. The van der Waals surface area contributed by atoms with E-state index in [0.29, 0.717) is 28.5 Å². The van der Waals surface area contributed by atoms with Crippen molar-refractivity contribution in [3.05, 3.63) is 53.3 Å². The number of Topliss-reactive ketones (excluding diaryl/α,β-unsaturated/α-hetero) is 1. The van der Waals surface area contributed by atoms with E-state index in [1.807, 2.05) is 26.0 Å². The van der Waals surface area contributed by atoms with E-state index in [9.17, 15) is 14.0 Å². The maximum absolute atomic E-state index is 14.2.